The summed E-state index contributed by atoms with van der Waals surface area (Å²) < 4.78 is 2.02. The molecule has 4 heteroatoms. The summed E-state index contributed by atoms with van der Waals surface area (Å²) in [6, 6.07) is 27.9. The summed E-state index contributed by atoms with van der Waals surface area (Å²) in [6.45, 7) is 4.31. The third-order valence-electron chi connectivity index (χ3n) is 4.80. The third kappa shape index (κ3) is 3.41. The minimum absolute atomic E-state index is 0.0431. The van der Waals surface area contributed by atoms with Crippen LogP contribution in [0.2, 0.25) is 0 Å². The first-order chi connectivity index (χ1) is 13.6. The topological polar surface area (TPSA) is 38.1 Å². The van der Waals surface area contributed by atoms with E-state index >= 15 is 0 Å². The van der Waals surface area contributed by atoms with Crippen molar-refractivity contribution < 1.29 is 4.79 Å². The summed E-state index contributed by atoms with van der Waals surface area (Å²) in [7, 11) is 0. The normalized spacial score (nSPS) is 11.1. The average Bonchev–Trinajstić information content (AvgIpc) is 3.08. The molecule has 1 heterocycles. The molecule has 0 bridgehead atoms. The van der Waals surface area contributed by atoms with Crippen LogP contribution in [0.25, 0.3) is 22.4 Å². The summed E-state index contributed by atoms with van der Waals surface area (Å²) in [6.07, 6.45) is 0. The molecular weight excluding hydrogens is 346 g/mol. The molecule has 0 N–H and O–H groups in total. The Hall–Kier alpha value is -3.40. The number of fused-ring (bicyclic) bond motifs is 1. The molecule has 140 valence electrons. The molecule has 0 atom stereocenters. The van der Waals surface area contributed by atoms with Crippen molar-refractivity contribution in [2.75, 3.05) is 4.90 Å². The predicted molar refractivity (Wildman–Crippen MR) is 114 cm³/mol. The van der Waals surface area contributed by atoms with E-state index in [1.54, 1.807) is 0 Å². The summed E-state index contributed by atoms with van der Waals surface area (Å²) in [5, 5.41) is 0. The van der Waals surface area contributed by atoms with Gasteiger partial charge in [-0.15, -0.1) is 0 Å². The zero-order valence-corrected chi connectivity index (χ0v) is 16.1. The molecular formula is C24H23N3O. The van der Waals surface area contributed by atoms with Crippen molar-refractivity contribution in [2.45, 2.75) is 26.4 Å². The molecule has 4 rings (SSSR count). The minimum Gasteiger partial charge on any atom is -0.314 e. The number of hydrogen-bond donors (Lipinski definition) is 0. The molecule has 0 fully saturated rings. The van der Waals surface area contributed by atoms with Gasteiger partial charge in [-0.3, -0.25) is 4.79 Å². The number of nitrogens with zero attached hydrogens (tertiary/aromatic N) is 3. The Kier molecular flexibility index (Phi) is 4.94. The molecule has 4 aromatic rings. The van der Waals surface area contributed by atoms with E-state index in [9.17, 15) is 4.79 Å². The van der Waals surface area contributed by atoms with Crippen molar-refractivity contribution in [3.8, 4) is 11.4 Å². The van der Waals surface area contributed by atoms with Crippen LogP contribution in [0.3, 0.4) is 0 Å². The van der Waals surface area contributed by atoms with E-state index in [1.165, 1.54) is 0 Å². The number of anilines is 1. The van der Waals surface area contributed by atoms with E-state index in [2.05, 4.69) is 0 Å². The quantitative estimate of drug-likeness (QED) is 0.488. The Morgan fingerprint density at radius 2 is 1.50 bits per heavy atom. The van der Waals surface area contributed by atoms with Gasteiger partial charge in [-0.2, -0.15) is 0 Å². The highest BCUT2D eigenvalue weighted by Gasteiger charge is 2.22. The maximum absolute atomic E-state index is 13.4. The standard InChI is InChI=1S/C24H23N3O/c1-18(2)27(20-13-7-4-8-14-20)23(28)17-26-22-16-10-9-15-21(22)25-24(26)19-11-5-3-6-12-19/h3-16,18H,17H2,1-2H3. The number of aromatic nitrogens is 2. The monoisotopic (exact) mass is 369 g/mol. The second kappa shape index (κ2) is 7.69. The van der Waals surface area contributed by atoms with Crippen molar-refractivity contribution in [1.82, 2.24) is 9.55 Å². The van der Waals surface area contributed by atoms with Gasteiger partial charge in [0, 0.05) is 17.3 Å². The van der Waals surface area contributed by atoms with Crippen LogP contribution >= 0.6 is 0 Å². The average molecular weight is 369 g/mol. The van der Waals surface area contributed by atoms with Gasteiger partial charge >= 0.3 is 0 Å². The van der Waals surface area contributed by atoms with Crippen molar-refractivity contribution in [1.29, 1.82) is 0 Å². The van der Waals surface area contributed by atoms with Crippen molar-refractivity contribution in [2.24, 2.45) is 0 Å². The highest BCUT2D eigenvalue weighted by atomic mass is 16.2. The highest BCUT2D eigenvalue weighted by Crippen LogP contribution is 2.26. The summed E-state index contributed by atoms with van der Waals surface area (Å²) in [5.74, 6) is 0.855. The molecule has 28 heavy (non-hydrogen) atoms. The van der Waals surface area contributed by atoms with E-state index in [-0.39, 0.29) is 18.5 Å². The Labute approximate surface area is 165 Å². The summed E-state index contributed by atoms with van der Waals surface area (Å²) >= 11 is 0. The molecule has 1 amide bonds. The first-order valence-electron chi connectivity index (χ1n) is 9.53. The minimum atomic E-state index is 0.0431. The van der Waals surface area contributed by atoms with Gasteiger partial charge in [0.05, 0.1) is 11.0 Å². The van der Waals surface area contributed by atoms with Gasteiger partial charge in [-0.1, -0.05) is 60.7 Å². The van der Waals surface area contributed by atoms with Crippen molar-refractivity contribution in [3.05, 3.63) is 84.9 Å². The molecule has 0 spiro atoms. The molecule has 3 aromatic carbocycles. The number of benzene rings is 3. The van der Waals surface area contributed by atoms with Crippen LogP contribution in [0, 0.1) is 0 Å². The van der Waals surface area contributed by atoms with Gasteiger partial charge in [-0.05, 0) is 38.1 Å². The lowest BCUT2D eigenvalue weighted by molar-refractivity contribution is -0.119. The van der Waals surface area contributed by atoms with Crippen molar-refractivity contribution in [3.63, 3.8) is 0 Å². The first kappa shape index (κ1) is 18.0. The smallest absolute Gasteiger partial charge is 0.247 e. The van der Waals surface area contributed by atoms with Crippen LogP contribution in [0.15, 0.2) is 84.9 Å². The van der Waals surface area contributed by atoms with Crippen LogP contribution in [-0.4, -0.2) is 21.5 Å². The Bertz CT molecular complexity index is 1080. The van der Waals surface area contributed by atoms with E-state index < -0.39 is 0 Å². The zero-order chi connectivity index (χ0) is 19.5. The van der Waals surface area contributed by atoms with E-state index in [1.807, 2.05) is 108 Å². The lowest BCUT2D eigenvalue weighted by atomic mass is 10.2. The van der Waals surface area contributed by atoms with E-state index in [0.717, 1.165) is 28.1 Å². The number of carbonyl (C=O) groups is 1. The molecule has 0 aliphatic rings. The number of carbonyl (C=O) groups excluding carboxylic acids is 1. The van der Waals surface area contributed by atoms with Gasteiger partial charge in [0.25, 0.3) is 0 Å². The zero-order valence-electron chi connectivity index (χ0n) is 16.1. The van der Waals surface area contributed by atoms with Crippen LogP contribution in [0.5, 0.6) is 0 Å². The number of hydrogen-bond acceptors (Lipinski definition) is 2. The molecule has 0 saturated heterocycles. The Balaban J connectivity index is 1.77. The van der Waals surface area contributed by atoms with Gasteiger partial charge in [0.1, 0.15) is 12.4 Å². The molecule has 0 unspecified atom stereocenters. The fraction of sp³-hybridized carbons (Fsp3) is 0.167. The van der Waals surface area contributed by atoms with E-state index in [0.29, 0.717) is 0 Å². The van der Waals surface area contributed by atoms with Crippen LogP contribution in [0.1, 0.15) is 13.8 Å². The van der Waals surface area contributed by atoms with Gasteiger partial charge in [0.15, 0.2) is 0 Å². The number of imidazole rings is 1. The fourth-order valence-corrected chi connectivity index (χ4v) is 3.57. The maximum atomic E-state index is 13.4. The van der Waals surface area contributed by atoms with Gasteiger partial charge in [0.2, 0.25) is 5.91 Å². The number of amides is 1. The molecule has 4 nitrogen and oxygen atoms in total. The largest absolute Gasteiger partial charge is 0.314 e. The van der Waals surface area contributed by atoms with Gasteiger partial charge < -0.3 is 9.47 Å². The van der Waals surface area contributed by atoms with E-state index in [4.69, 9.17) is 4.98 Å². The molecule has 0 aliphatic heterocycles. The second-order valence-electron chi connectivity index (χ2n) is 7.07. The van der Waals surface area contributed by atoms with Crippen LogP contribution < -0.4 is 4.90 Å². The lowest BCUT2D eigenvalue weighted by Gasteiger charge is -2.27. The molecule has 0 saturated carbocycles. The number of para-hydroxylation sites is 3. The van der Waals surface area contributed by atoms with Crippen LogP contribution in [-0.2, 0) is 11.3 Å². The van der Waals surface area contributed by atoms with Gasteiger partial charge in [-0.25, -0.2) is 4.98 Å². The third-order valence-corrected chi connectivity index (χ3v) is 4.80. The Morgan fingerprint density at radius 3 is 2.18 bits per heavy atom. The highest BCUT2D eigenvalue weighted by molar-refractivity contribution is 5.95. The summed E-state index contributed by atoms with van der Waals surface area (Å²) in [4.78, 5) is 20.0. The second-order valence-corrected chi connectivity index (χ2v) is 7.07. The number of rotatable bonds is 5. The SMILES string of the molecule is CC(C)N(C(=O)Cn1c(-c2ccccc2)nc2ccccc21)c1ccccc1. The van der Waals surface area contributed by atoms with Crippen LogP contribution in [0.4, 0.5) is 5.69 Å². The predicted octanol–water partition coefficient (Wildman–Crippen LogP) is 5.14. The Morgan fingerprint density at radius 1 is 0.893 bits per heavy atom. The molecule has 0 radical (unpaired) electrons. The van der Waals surface area contributed by atoms with Crippen molar-refractivity contribution >= 4 is 22.6 Å². The maximum Gasteiger partial charge on any atom is 0.247 e. The molecule has 1 aromatic heterocycles. The first-order valence-corrected chi connectivity index (χ1v) is 9.53. The fourth-order valence-electron chi connectivity index (χ4n) is 3.57. The summed E-state index contributed by atoms with van der Waals surface area (Å²) in [5.41, 5.74) is 3.77. The molecule has 0 aliphatic carbocycles. The lowest BCUT2D eigenvalue weighted by Crippen LogP contribution is -2.39.